The number of benzene rings is 1. The van der Waals surface area contributed by atoms with Crippen LogP contribution in [0.4, 0.5) is 0 Å². The summed E-state index contributed by atoms with van der Waals surface area (Å²) in [6, 6.07) is 6.62. The number of rotatable bonds is 5. The molecule has 1 heterocycles. The van der Waals surface area contributed by atoms with Gasteiger partial charge in [-0.15, -0.1) is 0 Å². The Morgan fingerprint density at radius 3 is 2.80 bits per heavy atom. The molecule has 2 rings (SSSR count). The van der Waals surface area contributed by atoms with Gasteiger partial charge in [0.1, 0.15) is 17.9 Å². The zero-order chi connectivity index (χ0) is 14.7. The molecule has 0 aliphatic heterocycles. The summed E-state index contributed by atoms with van der Waals surface area (Å²) in [5.41, 5.74) is 0.783. The molecular weight excluding hydrogens is 280 g/mol. The third kappa shape index (κ3) is 3.30. The fraction of sp³-hybridized carbons (Fsp3) is 0.286. The Morgan fingerprint density at radius 1 is 1.45 bits per heavy atom. The molecule has 5 nitrogen and oxygen atoms in total. The van der Waals surface area contributed by atoms with Crippen LogP contribution >= 0.6 is 11.6 Å². The Balaban J connectivity index is 2.12. The van der Waals surface area contributed by atoms with Gasteiger partial charge in [-0.05, 0) is 38.1 Å². The van der Waals surface area contributed by atoms with Crippen molar-refractivity contribution in [3.8, 4) is 5.75 Å². The van der Waals surface area contributed by atoms with E-state index >= 15 is 0 Å². The molecule has 0 radical (unpaired) electrons. The fourth-order valence-corrected chi connectivity index (χ4v) is 1.86. The van der Waals surface area contributed by atoms with Gasteiger partial charge in [-0.1, -0.05) is 11.6 Å². The van der Waals surface area contributed by atoms with Gasteiger partial charge in [0.15, 0.2) is 0 Å². The highest BCUT2D eigenvalue weighted by Gasteiger charge is 2.12. The van der Waals surface area contributed by atoms with Crippen LogP contribution in [-0.2, 0) is 6.61 Å². The first-order valence-corrected chi connectivity index (χ1v) is 6.55. The predicted octanol–water partition coefficient (Wildman–Crippen LogP) is 3.39. The van der Waals surface area contributed by atoms with Crippen molar-refractivity contribution in [1.29, 1.82) is 0 Å². The number of carboxylic acids is 1. The van der Waals surface area contributed by atoms with Gasteiger partial charge in [0, 0.05) is 17.3 Å². The van der Waals surface area contributed by atoms with Crippen LogP contribution in [0, 0.1) is 0 Å². The first-order chi connectivity index (χ1) is 9.47. The molecule has 0 spiro atoms. The molecule has 0 saturated carbocycles. The van der Waals surface area contributed by atoms with E-state index in [0.717, 1.165) is 5.69 Å². The van der Waals surface area contributed by atoms with Gasteiger partial charge in [-0.3, -0.25) is 4.68 Å². The first kappa shape index (κ1) is 14.4. The number of aromatic carboxylic acids is 1. The van der Waals surface area contributed by atoms with Crippen LogP contribution in [0.5, 0.6) is 5.75 Å². The van der Waals surface area contributed by atoms with Crippen molar-refractivity contribution >= 4 is 17.6 Å². The Morgan fingerprint density at radius 2 is 2.20 bits per heavy atom. The Bertz CT molecular complexity index is 623. The minimum atomic E-state index is -1.07. The number of carboxylic acid groups (broad SMARTS) is 1. The van der Waals surface area contributed by atoms with Gasteiger partial charge in [0.25, 0.3) is 0 Å². The molecule has 20 heavy (non-hydrogen) atoms. The number of halogens is 1. The van der Waals surface area contributed by atoms with Gasteiger partial charge in [0.05, 0.1) is 5.69 Å². The second-order valence-corrected chi connectivity index (χ2v) is 5.05. The van der Waals surface area contributed by atoms with Gasteiger partial charge in [-0.2, -0.15) is 5.10 Å². The van der Waals surface area contributed by atoms with Crippen molar-refractivity contribution < 1.29 is 14.6 Å². The molecule has 106 valence electrons. The van der Waals surface area contributed by atoms with Crippen LogP contribution in [0.1, 0.15) is 35.9 Å². The molecule has 1 aromatic carbocycles. The van der Waals surface area contributed by atoms with Crippen LogP contribution < -0.4 is 4.74 Å². The summed E-state index contributed by atoms with van der Waals surface area (Å²) in [7, 11) is 0. The maximum absolute atomic E-state index is 11.1. The molecule has 0 amide bonds. The summed E-state index contributed by atoms with van der Waals surface area (Å²) in [5.74, 6) is -0.795. The van der Waals surface area contributed by atoms with Gasteiger partial charge in [0.2, 0.25) is 0 Å². The summed E-state index contributed by atoms with van der Waals surface area (Å²) < 4.78 is 7.34. The maximum atomic E-state index is 11.1. The topological polar surface area (TPSA) is 64.3 Å². The van der Waals surface area contributed by atoms with E-state index in [0.29, 0.717) is 5.02 Å². The lowest BCUT2D eigenvalue weighted by atomic mass is 10.2. The van der Waals surface area contributed by atoms with E-state index in [9.17, 15) is 4.79 Å². The zero-order valence-electron chi connectivity index (χ0n) is 11.2. The molecule has 1 N–H and O–H groups in total. The Kier molecular flexibility index (Phi) is 4.29. The summed E-state index contributed by atoms with van der Waals surface area (Å²) >= 11 is 5.78. The average Bonchev–Trinajstić information content (AvgIpc) is 2.86. The lowest BCUT2D eigenvalue weighted by Crippen LogP contribution is -2.05. The summed E-state index contributed by atoms with van der Waals surface area (Å²) in [4.78, 5) is 11.1. The standard InChI is InChI=1S/C14H15ClN2O3/c1-9(2)17-6-5-11(16-17)8-20-13-4-3-10(15)7-12(13)14(18)19/h3-7,9H,8H2,1-2H3,(H,18,19). The van der Waals surface area contributed by atoms with Crippen LogP contribution in [0.2, 0.25) is 5.02 Å². The van der Waals surface area contributed by atoms with E-state index in [2.05, 4.69) is 5.10 Å². The molecule has 2 aromatic rings. The van der Waals surface area contributed by atoms with Crippen molar-refractivity contribution in [2.45, 2.75) is 26.5 Å². The van der Waals surface area contributed by atoms with Gasteiger partial charge >= 0.3 is 5.97 Å². The molecule has 0 fully saturated rings. The van der Waals surface area contributed by atoms with E-state index < -0.39 is 5.97 Å². The minimum Gasteiger partial charge on any atom is -0.486 e. The molecular formula is C14H15ClN2O3. The third-order valence-corrected chi connectivity index (χ3v) is 2.98. The van der Waals surface area contributed by atoms with Gasteiger partial charge in [-0.25, -0.2) is 4.79 Å². The second-order valence-electron chi connectivity index (χ2n) is 4.62. The van der Waals surface area contributed by atoms with Crippen molar-refractivity contribution in [2.75, 3.05) is 0 Å². The lowest BCUT2D eigenvalue weighted by Gasteiger charge is -2.08. The number of nitrogens with zero attached hydrogens (tertiary/aromatic N) is 2. The van der Waals surface area contributed by atoms with Crippen molar-refractivity contribution in [1.82, 2.24) is 9.78 Å². The highest BCUT2D eigenvalue weighted by atomic mass is 35.5. The predicted molar refractivity (Wildman–Crippen MR) is 75.4 cm³/mol. The van der Waals surface area contributed by atoms with E-state index in [1.807, 2.05) is 30.8 Å². The minimum absolute atomic E-state index is 0.0424. The summed E-state index contributed by atoms with van der Waals surface area (Å²) in [6.45, 7) is 4.26. The molecule has 1 aromatic heterocycles. The average molecular weight is 295 g/mol. The number of hydrogen-bond donors (Lipinski definition) is 1. The Labute approximate surface area is 121 Å². The van der Waals surface area contributed by atoms with E-state index in [1.165, 1.54) is 6.07 Å². The molecule has 6 heteroatoms. The monoisotopic (exact) mass is 294 g/mol. The van der Waals surface area contributed by atoms with E-state index in [1.54, 1.807) is 12.1 Å². The largest absolute Gasteiger partial charge is 0.486 e. The summed E-state index contributed by atoms with van der Waals surface area (Å²) in [6.07, 6.45) is 1.86. The molecule has 0 saturated heterocycles. The van der Waals surface area contributed by atoms with Gasteiger partial charge < -0.3 is 9.84 Å². The van der Waals surface area contributed by atoms with E-state index in [4.69, 9.17) is 21.4 Å². The highest BCUT2D eigenvalue weighted by Crippen LogP contribution is 2.23. The van der Waals surface area contributed by atoms with Crippen LogP contribution in [0.25, 0.3) is 0 Å². The lowest BCUT2D eigenvalue weighted by molar-refractivity contribution is 0.0691. The SMILES string of the molecule is CC(C)n1ccc(COc2ccc(Cl)cc2C(=O)O)n1. The number of hydrogen-bond acceptors (Lipinski definition) is 3. The quantitative estimate of drug-likeness (QED) is 0.918. The second kappa shape index (κ2) is 5.96. The number of aromatic nitrogens is 2. The van der Waals surface area contributed by atoms with Crippen molar-refractivity contribution in [3.63, 3.8) is 0 Å². The highest BCUT2D eigenvalue weighted by molar-refractivity contribution is 6.31. The van der Waals surface area contributed by atoms with Crippen LogP contribution in [0.15, 0.2) is 30.5 Å². The molecule has 0 aliphatic rings. The molecule has 0 atom stereocenters. The normalized spacial score (nSPS) is 10.8. The van der Waals surface area contributed by atoms with Crippen LogP contribution in [-0.4, -0.2) is 20.9 Å². The third-order valence-electron chi connectivity index (χ3n) is 2.74. The van der Waals surface area contributed by atoms with E-state index in [-0.39, 0.29) is 24.0 Å². The van der Waals surface area contributed by atoms with Crippen molar-refractivity contribution in [2.24, 2.45) is 0 Å². The van der Waals surface area contributed by atoms with Crippen molar-refractivity contribution in [3.05, 3.63) is 46.7 Å². The number of ether oxygens (including phenoxy) is 1. The smallest absolute Gasteiger partial charge is 0.339 e. The Hall–Kier alpha value is -2.01. The molecule has 0 unspecified atom stereocenters. The first-order valence-electron chi connectivity index (χ1n) is 6.17. The maximum Gasteiger partial charge on any atom is 0.339 e. The van der Waals surface area contributed by atoms with Crippen LogP contribution in [0.3, 0.4) is 0 Å². The molecule has 0 aliphatic carbocycles. The zero-order valence-corrected chi connectivity index (χ0v) is 12.0. The fourth-order valence-electron chi connectivity index (χ4n) is 1.69. The number of carbonyl (C=O) groups is 1. The molecule has 0 bridgehead atoms. The summed E-state index contributed by atoms with van der Waals surface area (Å²) in [5, 5.41) is 13.8.